The van der Waals surface area contributed by atoms with Crippen molar-refractivity contribution in [2.75, 3.05) is 13.1 Å². The molecular weight excluding hydrogens is 244 g/mol. The van der Waals surface area contributed by atoms with Crippen molar-refractivity contribution >= 4 is 11.9 Å². The van der Waals surface area contributed by atoms with Crippen LogP contribution in [0.3, 0.4) is 0 Å². The van der Waals surface area contributed by atoms with Crippen LogP contribution < -0.4 is 0 Å². The minimum Gasteiger partial charge on any atom is -0.481 e. The number of nitrogens with zero attached hydrogens (tertiary/aromatic N) is 1. The molecule has 4 nitrogen and oxygen atoms in total. The van der Waals surface area contributed by atoms with E-state index in [1.807, 2.05) is 0 Å². The second kappa shape index (κ2) is 6.09. The van der Waals surface area contributed by atoms with Crippen molar-refractivity contribution in [1.29, 1.82) is 0 Å². The number of carboxylic acid groups (broad SMARTS) is 1. The highest BCUT2D eigenvalue weighted by Crippen LogP contribution is 2.11. The summed E-state index contributed by atoms with van der Waals surface area (Å²) in [6.45, 7) is 1.93. The van der Waals surface area contributed by atoms with Crippen molar-refractivity contribution in [2.24, 2.45) is 0 Å². The van der Waals surface area contributed by atoms with Gasteiger partial charge < -0.3 is 10.0 Å². The smallest absolute Gasteiger partial charge is 0.305 e. The normalized spacial score (nSPS) is 10.2. The highest BCUT2D eigenvalue weighted by atomic mass is 19.1. The predicted molar refractivity (Wildman–Crippen MR) is 60.2 cm³/mol. The Bertz CT molecular complexity index is 442. The van der Waals surface area contributed by atoms with E-state index in [0.29, 0.717) is 6.07 Å². The summed E-state index contributed by atoms with van der Waals surface area (Å²) < 4.78 is 25.9. The summed E-state index contributed by atoms with van der Waals surface area (Å²) in [5.41, 5.74) is -0.125. The molecule has 6 heteroatoms. The number of rotatable bonds is 5. The quantitative estimate of drug-likeness (QED) is 0.876. The summed E-state index contributed by atoms with van der Waals surface area (Å²) in [6.07, 6.45) is -0.211. The summed E-state index contributed by atoms with van der Waals surface area (Å²) >= 11 is 0. The minimum absolute atomic E-state index is 0.00278. The zero-order chi connectivity index (χ0) is 13.7. The summed E-state index contributed by atoms with van der Waals surface area (Å²) in [5, 5.41) is 8.54. The molecule has 0 atom stereocenters. The Balaban J connectivity index is 2.85. The molecule has 0 aromatic heterocycles. The number of amides is 1. The highest BCUT2D eigenvalue weighted by molar-refractivity contribution is 5.94. The zero-order valence-corrected chi connectivity index (χ0v) is 9.82. The van der Waals surface area contributed by atoms with Gasteiger partial charge in [0.1, 0.15) is 11.6 Å². The van der Waals surface area contributed by atoms with Gasteiger partial charge >= 0.3 is 5.97 Å². The van der Waals surface area contributed by atoms with Gasteiger partial charge in [-0.2, -0.15) is 0 Å². The topological polar surface area (TPSA) is 57.6 Å². The molecule has 0 heterocycles. The second-order valence-electron chi connectivity index (χ2n) is 3.69. The number of halogens is 2. The van der Waals surface area contributed by atoms with E-state index in [1.54, 1.807) is 6.92 Å². The summed E-state index contributed by atoms with van der Waals surface area (Å²) in [7, 11) is 0. The van der Waals surface area contributed by atoms with Gasteiger partial charge in [0.15, 0.2) is 0 Å². The molecule has 1 amide bonds. The average molecular weight is 257 g/mol. The Labute approximate surface area is 103 Å². The first-order valence-electron chi connectivity index (χ1n) is 5.41. The van der Waals surface area contributed by atoms with Crippen LogP contribution in [-0.4, -0.2) is 35.0 Å². The molecule has 1 aromatic rings. The van der Waals surface area contributed by atoms with Gasteiger partial charge in [0.25, 0.3) is 5.91 Å². The van der Waals surface area contributed by atoms with Crippen LogP contribution >= 0.6 is 0 Å². The third kappa shape index (κ3) is 3.80. The Morgan fingerprint density at radius 3 is 2.22 bits per heavy atom. The first-order chi connectivity index (χ1) is 8.43. The van der Waals surface area contributed by atoms with E-state index in [9.17, 15) is 18.4 Å². The average Bonchev–Trinajstić information content (AvgIpc) is 2.27. The monoisotopic (exact) mass is 257 g/mol. The number of aliphatic carboxylic acids is 1. The Morgan fingerprint density at radius 2 is 1.78 bits per heavy atom. The molecule has 1 aromatic carbocycles. The van der Waals surface area contributed by atoms with Gasteiger partial charge in [-0.1, -0.05) is 0 Å². The van der Waals surface area contributed by atoms with Crippen molar-refractivity contribution in [3.63, 3.8) is 0 Å². The molecule has 0 saturated heterocycles. The zero-order valence-electron chi connectivity index (χ0n) is 9.82. The van der Waals surface area contributed by atoms with Crippen molar-refractivity contribution < 1.29 is 23.5 Å². The van der Waals surface area contributed by atoms with Crippen LogP contribution in [0, 0.1) is 11.6 Å². The van der Waals surface area contributed by atoms with E-state index < -0.39 is 23.5 Å². The largest absolute Gasteiger partial charge is 0.481 e. The lowest BCUT2D eigenvalue weighted by molar-refractivity contribution is -0.137. The molecule has 0 bridgehead atoms. The molecule has 0 aliphatic rings. The molecule has 0 radical (unpaired) electrons. The molecule has 0 fully saturated rings. The third-order valence-electron chi connectivity index (χ3n) is 2.37. The van der Waals surface area contributed by atoms with Crippen molar-refractivity contribution in [2.45, 2.75) is 13.3 Å². The van der Waals surface area contributed by atoms with Crippen molar-refractivity contribution in [3.05, 3.63) is 35.4 Å². The molecule has 18 heavy (non-hydrogen) atoms. The SMILES string of the molecule is CCN(CCC(=O)O)C(=O)c1cc(F)cc(F)c1. The number of carbonyl (C=O) groups is 2. The number of hydrogen-bond acceptors (Lipinski definition) is 2. The highest BCUT2D eigenvalue weighted by Gasteiger charge is 2.16. The van der Waals surface area contributed by atoms with Gasteiger partial charge in [0.2, 0.25) is 0 Å². The maximum Gasteiger partial charge on any atom is 0.305 e. The predicted octanol–water partition coefficient (Wildman–Crippen LogP) is 1.90. The summed E-state index contributed by atoms with van der Waals surface area (Å²) in [5.74, 6) is -3.30. The van der Waals surface area contributed by atoms with E-state index in [0.717, 1.165) is 12.1 Å². The van der Waals surface area contributed by atoms with Gasteiger partial charge in [-0.05, 0) is 19.1 Å². The Kier molecular flexibility index (Phi) is 4.76. The number of carbonyl (C=O) groups excluding carboxylic acids is 1. The van der Waals surface area contributed by atoms with Crippen LogP contribution in [0.4, 0.5) is 8.78 Å². The fourth-order valence-electron chi connectivity index (χ4n) is 1.49. The number of benzene rings is 1. The lowest BCUT2D eigenvalue weighted by Crippen LogP contribution is -2.33. The fraction of sp³-hybridized carbons (Fsp3) is 0.333. The molecule has 0 aliphatic carbocycles. The standard InChI is InChI=1S/C12H13F2NO3/c1-2-15(4-3-11(16)17)12(18)8-5-9(13)7-10(14)6-8/h5-7H,2-4H2,1H3,(H,16,17). The molecular formula is C12H13F2NO3. The molecule has 0 unspecified atom stereocenters. The maximum absolute atomic E-state index is 13.0. The van der Waals surface area contributed by atoms with E-state index in [-0.39, 0.29) is 25.1 Å². The number of carboxylic acids is 1. The number of hydrogen-bond donors (Lipinski definition) is 1. The van der Waals surface area contributed by atoms with Crippen LogP contribution in [0.5, 0.6) is 0 Å². The molecule has 0 saturated carbocycles. The van der Waals surface area contributed by atoms with Crippen LogP contribution in [-0.2, 0) is 4.79 Å². The van der Waals surface area contributed by atoms with Gasteiger partial charge in [-0.25, -0.2) is 8.78 Å². The van der Waals surface area contributed by atoms with Crippen LogP contribution in [0.15, 0.2) is 18.2 Å². The van der Waals surface area contributed by atoms with Crippen molar-refractivity contribution in [3.8, 4) is 0 Å². The van der Waals surface area contributed by atoms with Crippen LogP contribution in [0.1, 0.15) is 23.7 Å². The lowest BCUT2D eigenvalue weighted by atomic mass is 10.2. The first-order valence-corrected chi connectivity index (χ1v) is 5.41. The second-order valence-corrected chi connectivity index (χ2v) is 3.69. The van der Waals surface area contributed by atoms with Gasteiger partial charge in [0.05, 0.1) is 6.42 Å². The van der Waals surface area contributed by atoms with Crippen LogP contribution in [0.2, 0.25) is 0 Å². The first kappa shape index (κ1) is 14.1. The Morgan fingerprint density at radius 1 is 1.22 bits per heavy atom. The van der Waals surface area contributed by atoms with E-state index in [2.05, 4.69) is 0 Å². The lowest BCUT2D eigenvalue weighted by Gasteiger charge is -2.20. The summed E-state index contributed by atoms with van der Waals surface area (Å²) in [4.78, 5) is 23.5. The van der Waals surface area contributed by atoms with E-state index in [1.165, 1.54) is 4.90 Å². The van der Waals surface area contributed by atoms with Crippen molar-refractivity contribution in [1.82, 2.24) is 4.90 Å². The third-order valence-corrected chi connectivity index (χ3v) is 2.37. The van der Waals surface area contributed by atoms with E-state index in [4.69, 9.17) is 5.11 Å². The minimum atomic E-state index is -1.04. The van der Waals surface area contributed by atoms with Gasteiger partial charge in [-0.15, -0.1) is 0 Å². The molecule has 0 spiro atoms. The maximum atomic E-state index is 13.0. The van der Waals surface area contributed by atoms with E-state index >= 15 is 0 Å². The Hall–Kier alpha value is -1.98. The molecule has 98 valence electrons. The van der Waals surface area contributed by atoms with Crippen LogP contribution in [0.25, 0.3) is 0 Å². The fourth-order valence-corrected chi connectivity index (χ4v) is 1.49. The van der Waals surface area contributed by atoms with Gasteiger partial charge in [0, 0.05) is 24.7 Å². The molecule has 0 aliphatic heterocycles. The summed E-state index contributed by atoms with van der Waals surface area (Å²) in [6, 6.07) is 2.52. The van der Waals surface area contributed by atoms with Gasteiger partial charge in [-0.3, -0.25) is 9.59 Å². The molecule has 1 N–H and O–H groups in total. The molecule has 1 rings (SSSR count).